The second-order valence-electron chi connectivity index (χ2n) is 9.71. The van der Waals surface area contributed by atoms with Crippen LogP contribution in [0.25, 0.3) is 11.2 Å². The summed E-state index contributed by atoms with van der Waals surface area (Å²) in [5, 5.41) is 13.4. The molecule has 0 amide bonds. The molecule has 2 unspecified atom stereocenters. The van der Waals surface area contributed by atoms with Crippen molar-refractivity contribution in [3.8, 4) is 0 Å². The number of nitrogens with two attached hydrogens (primary N) is 1. The highest BCUT2D eigenvalue weighted by Crippen LogP contribution is 2.38. The van der Waals surface area contributed by atoms with Crippen LogP contribution in [0.1, 0.15) is 34.1 Å². The predicted molar refractivity (Wildman–Crippen MR) is 139 cm³/mol. The molecule has 178 valence electrons. The highest BCUT2D eigenvalue weighted by molar-refractivity contribution is 6.99. The summed E-state index contributed by atoms with van der Waals surface area (Å²) in [6.07, 6.45) is 2.57. The van der Waals surface area contributed by atoms with Crippen LogP contribution in [0.5, 0.6) is 0 Å². The number of aryl methyl sites for hydroxylation is 1. The van der Waals surface area contributed by atoms with Crippen molar-refractivity contribution in [3.05, 3.63) is 73.3 Å². The maximum absolute atomic E-state index is 11.2. The number of fused-ring (bicyclic) bond motifs is 1. The summed E-state index contributed by atoms with van der Waals surface area (Å²) in [6.45, 7) is 9.22. The Morgan fingerprint density at radius 1 is 0.971 bits per heavy atom. The average Bonchev–Trinajstić information content (AvgIpc) is 3.25. The molecule has 0 radical (unpaired) electrons. The Morgan fingerprint density at radius 2 is 1.56 bits per heavy atom. The largest absolute Gasteiger partial charge is 0.402 e. The fourth-order valence-electron chi connectivity index (χ4n) is 4.62. The van der Waals surface area contributed by atoms with Gasteiger partial charge in [0, 0.05) is 6.54 Å². The SMILES string of the molecule is CC(O[Si](c1ccccc1)(c1ccccc1)C(C)(C)C)C(O)CCn1cnc2c(N)ncnc21. The Kier molecular flexibility index (Phi) is 6.83. The van der Waals surface area contributed by atoms with E-state index in [0.29, 0.717) is 29.9 Å². The van der Waals surface area contributed by atoms with Gasteiger partial charge in [-0.15, -0.1) is 0 Å². The van der Waals surface area contributed by atoms with Crippen LogP contribution < -0.4 is 16.1 Å². The number of anilines is 1. The van der Waals surface area contributed by atoms with Crippen molar-refractivity contribution < 1.29 is 9.53 Å². The van der Waals surface area contributed by atoms with E-state index in [0.717, 1.165) is 0 Å². The maximum atomic E-state index is 11.2. The van der Waals surface area contributed by atoms with Gasteiger partial charge in [0.2, 0.25) is 0 Å². The molecule has 0 fully saturated rings. The summed E-state index contributed by atoms with van der Waals surface area (Å²) >= 11 is 0. The Hall–Kier alpha value is -3.07. The van der Waals surface area contributed by atoms with Gasteiger partial charge in [0.1, 0.15) is 11.8 Å². The van der Waals surface area contributed by atoms with E-state index in [-0.39, 0.29) is 11.1 Å². The van der Waals surface area contributed by atoms with Crippen LogP contribution in [0.15, 0.2) is 73.3 Å². The lowest BCUT2D eigenvalue weighted by Gasteiger charge is -2.45. The first-order chi connectivity index (χ1) is 16.2. The molecule has 2 heterocycles. The van der Waals surface area contributed by atoms with Gasteiger partial charge in [-0.2, -0.15) is 0 Å². The highest BCUT2D eigenvalue weighted by atomic mass is 28.4. The zero-order chi connectivity index (χ0) is 24.3. The molecular formula is C26H33N5O2Si. The van der Waals surface area contributed by atoms with Crippen LogP contribution >= 0.6 is 0 Å². The van der Waals surface area contributed by atoms with E-state index < -0.39 is 14.4 Å². The van der Waals surface area contributed by atoms with Crippen molar-refractivity contribution in [2.45, 2.75) is 57.9 Å². The molecule has 2 aromatic heterocycles. The Morgan fingerprint density at radius 3 is 2.12 bits per heavy atom. The van der Waals surface area contributed by atoms with Crippen molar-refractivity contribution in [2.75, 3.05) is 5.73 Å². The molecule has 0 aliphatic rings. The molecular weight excluding hydrogens is 442 g/mol. The molecule has 0 bridgehead atoms. The molecule has 34 heavy (non-hydrogen) atoms. The topological polar surface area (TPSA) is 99.1 Å². The second-order valence-corrected chi connectivity index (χ2v) is 14.0. The fourth-order valence-corrected chi connectivity index (χ4v) is 9.35. The monoisotopic (exact) mass is 475 g/mol. The van der Waals surface area contributed by atoms with E-state index in [4.69, 9.17) is 10.2 Å². The van der Waals surface area contributed by atoms with E-state index in [1.165, 1.54) is 16.7 Å². The number of nitrogens with zero attached hydrogens (tertiary/aromatic N) is 4. The number of aliphatic hydroxyl groups is 1. The molecule has 0 aliphatic carbocycles. The van der Waals surface area contributed by atoms with E-state index in [1.54, 1.807) is 6.33 Å². The van der Waals surface area contributed by atoms with Crippen LogP contribution in [0.4, 0.5) is 5.82 Å². The van der Waals surface area contributed by atoms with Crippen LogP contribution in [0.3, 0.4) is 0 Å². The minimum Gasteiger partial charge on any atom is -0.402 e. The Bertz CT molecular complexity index is 1180. The molecule has 4 aromatic rings. The maximum Gasteiger partial charge on any atom is 0.261 e. The van der Waals surface area contributed by atoms with Crippen LogP contribution in [0, 0.1) is 0 Å². The first-order valence-corrected chi connectivity index (χ1v) is 13.5. The molecule has 0 saturated heterocycles. The van der Waals surface area contributed by atoms with Gasteiger partial charge in [-0.25, -0.2) is 15.0 Å². The number of hydrogen-bond donors (Lipinski definition) is 2. The first-order valence-electron chi connectivity index (χ1n) is 11.6. The molecule has 7 nitrogen and oxygen atoms in total. The zero-order valence-corrected chi connectivity index (χ0v) is 21.2. The molecule has 0 spiro atoms. The third-order valence-electron chi connectivity index (χ3n) is 6.42. The number of imidazole rings is 1. The van der Waals surface area contributed by atoms with Gasteiger partial charge < -0.3 is 19.8 Å². The summed E-state index contributed by atoms with van der Waals surface area (Å²) in [5.74, 6) is 0.354. The lowest BCUT2D eigenvalue weighted by molar-refractivity contribution is 0.0333. The first kappa shape index (κ1) is 24.1. The van der Waals surface area contributed by atoms with Gasteiger partial charge in [-0.3, -0.25) is 0 Å². The molecule has 3 N–H and O–H groups in total. The number of aromatic nitrogens is 4. The average molecular weight is 476 g/mol. The van der Waals surface area contributed by atoms with Gasteiger partial charge in [-0.1, -0.05) is 81.4 Å². The van der Waals surface area contributed by atoms with Crippen molar-refractivity contribution in [1.82, 2.24) is 19.5 Å². The normalized spacial score (nSPS) is 14.3. The van der Waals surface area contributed by atoms with Gasteiger partial charge in [0.25, 0.3) is 8.32 Å². The van der Waals surface area contributed by atoms with Crippen molar-refractivity contribution in [2.24, 2.45) is 0 Å². The summed E-state index contributed by atoms with van der Waals surface area (Å²) in [7, 11) is -2.74. The lowest BCUT2D eigenvalue weighted by atomic mass is 10.1. The fraction of sp³-hybridized carbons (Fsp3) is 0.346. The van der Waals surface area contributed by atoms with Crippen LogP contribution in [-0.4, -0.2) is 45.2 Å². The lowest BCUT2D eigenvalue weighted by Crippen LogP contribution is -2.68. The highest BCUT2D eigenvalue weighted by Gasteiger charge is 2.51. The Labute approximate surface area is 201 Å². The minimum absolute atomic E-state index is 0.154. The zero-order valence-electron chi connectivity index (χ0n) is 20.2. The number of benzene rings is 2. The van der Waals surface area contributed by atoms with Crippen molar-refractivity contribution in [1.29, 1.82) is 0 Å². The Balaban J connectivity index is 1.61. The number of nitrogen functional groups attached to an aromatic ring is 1. The van der Waals surface area contributed by atoms with E-state index in [2.05, 4.69) is 84.3 Å². The van der Waals surface area contributed by atoms with Crippen LogP contribution in [-0.2, 0) is 11.0 Å². The van der Waals surface area contributed by atoms with Crippen molar-refractivity contribution in [3.63, 3.8) is 0 Å². The van der Waals surface area contributed by atoms with Crippen LogP contribution in [0.2, 0.25) is 5.04 Å². The summed E-state index contributed by atoms with van der Waals surface area (Å²) in [5.41, 5.74) is 7.15. The molecule has 2 aromatic carbocycles. The molecule has 8 heteroatoms. The van der Waals surface area contributed by atoms with E-state index in [9.17, 15) is 5.11 Å². The third-order valence-corrected chi connectivity index (χ3v) is 11.5. The molecule has 0 saturated carbocycles. The predicted octanol–water partition coefficient (Wildman–Crippen LogP) is 3.12. The van der Waals surface area contributed by atoms with Gasteiger partial charge >= 0.3 is 0 Å². The van der Waals surface area contributed by atoms with Gasteiger partial charge in [0.05, 0.1) is 18.5 Å². The quantitative estimate of drug-likeness (QED) is 0.380. The molecule has 4 rings (SSSR count). The van der Waals surface area contributed by atoms with Gasteiger partial charge in [0.15, 0.2) is 11.5 Å². The summed E-state index contributed by atoms with van der Waals surface area (Å²) < 4.78 is 8.93. The van der Waals surface area contributed by atoms with Gasteiger partial charge in [-0.05, 0) is 28.8 Å². The summed E-state index contributed by atoms with van der Waals surface area (Å²) in [6, 6.07) is 20.9. The summed E-state index contributed by atoms with van der Waals surface area (Å²) in [4.78, 5) is 12.6. The number of rotatable bonds is 8. The smallest absolute Gasteiger partial charge is 0.261 e. The van der Waals surface area contributed by atoms with Crippen molar-refractivity contribution >= 4 is 35.7 Å². The molecule has 0 aliphatic heterocycles. The number of hydrogen-bond acceptors (Lipinski definition) is 6. The standard InChI is InChI=1S/C26H33N5O2Si/c1-19(22(32)15-16-31-18-30-23-24(27)28-17-29-25(23)31)33-34(26(2,3)4,20-11-7-5-8-12-20)21-13-9-6-10-14-21/h5-14,17-19,22,32H,15-16H2,1-4H3,(H2,27,28,29). The molecule has 2 atom stereocenters. The van der Waals surface area contributed by atoms with E-state index >= 15 is 0 Å². The minimum atomic E-state index is -2.74. The second kappa shape index (κ2) is 9.66. The third kappa shape index (κ3) is 4.48. The number of aliphatic hydroxyl groups excluding tert-OH is 1. The van der Waals surface area contributed by atoms with E-state index in [1.807, 2.05) is 23.6 Å².